The van der Waals surface area contributed by atoms with Crippen LogP contribution in [0.4, 0.5) is 0 Å². The number of rotatable bonds is 4. The van der Waals surface area contributed by atoms with Gasteiger partial charge < -0.3 is 10.1 Å². The zero-order valence-electron chi connectivity index (χ0n) is 7.23. The van der Waals surface area contributed by atoms with Gasteiger partial charge >= 0.3 is 0 Å². The minimum atomic E-state index is 0.830. The topological polar surface area (TPSA) is 21.3 Å². The van der Waals surface area contributed by atoms with Crippen LogP contribution >= 0.6 is 0 Å². The average Bonchev–Trinajstić information content (AvgIpc) is 2.07. The molecule has 0 saturated heterocycles. The van der Waals surface area contributed by atoms with Crippen molar-refractivity contribution in [2.45, 2.75) is 19.8 Å². The van der Waals surface area contributed by atoms with Gasteiger partial charge in [0, 0.05) is 6.54 Å². The van der Waals surface area contributed by atoms with E-state index < -0.39 is 0 Å². The van der Waals surface area contributed by atoms with Gasteiger partial charge in [-0.05, 0) is 25.0 Å². The second-order valence-corrected chi connectivity index (χ2v) is 2.88. The Morgan fingerprint density at radius 1 is 1.64 bits per heavy atom. The molecule has 0 aromatic carbocycles. The maximum Gasteiger partial charge on any atom is 0.0689 e. The number of nitrogens with one attached hydrogen (secondary N) is 1. The van der Waals surface area contributed by atoms with E-state index in [4.69, 9.17) is 4.74 Å². The van der Waals surface area contributed by atoms with Crippen molar-refractivity contribution >= 4 is 0 Å². The third-order valence-electron chi connectivity index (χ3n) is 1.76. The molecule has 1 aliphatic rings. The molecule has 0 aromatic heterocycles. The van der Waals surface area contributed by atoms with Crippen LogP contribution in [0.25, 0.3) is 0 Å². The summed E-state index contributed by atoms with van der Waals surface area (Å²) in [7, 11) is 0. The molecule has 2 nitrogen and oxygen atoms in total. The third kappa shape index (κ3) is 3.54. The Morgan fingerprint density at radius 2 is 2.55 bits per heavy atom. The Balaban J connectivity index is 2.09. The summed E-state index contributed by atoms with van der Waals surface area (Å²) in [5, 5.41) is 3.36. The summed E-state index contributed by atoms with van der Waals surface area (Å²) >= 11 is 0. The van der Waals surface area contributed by atoms with Crippen LogP contribution in [0.1, 0.15) is 19.8 Å². The van der Waals surface area contributed by atoms with Crippen molar-refractivity contribution in [2.75, 3.05) is 26.3 Å². The van der Waals surface area contributed by atoms with E-state index in [9.17, 15) is 0 Å². The van der Waals surface area contributed by atoms with Gasteiger partial charge in [0.1, 0.15) is 0 Å². The van der Waals surface area contributed by atoms with Gasteiger partial charge in [0.15, 0.2) is 0 Å². The first-order chi connectivity index (χ1) is 5.43. The van der Waals surface area contributed by atoms with Gasteiger partial charge in [-0.1, -0.05) is 13.0 Å². The van der Waals surface area contributed by atoms with E-state index in [0.29, 0.717) is 0 Å². The molecule has 0 spiro atoms. The van der Waals surface area contributed by atoms with Crippen molar-refractivity contribution in [3.8, 4) is 0 Å². The first-order valence-electron chi connectivity index (χ1n) is 4.40. The molecule has 0 radical (unpaired) electrons. The Kier molecular flexibility index (Phi) is 4.24. The molecule has 1 rings (SSSR count). The SMILES string of the molecule is CCCNCC1=CCCOC1. The van der Waals surface area contributed by atoms with Crippen LogP contribution in [0, 0.1) is 0 Å². The molecular weight excluding hydrogens is 138 g/mol. The molecule has 0 aromatic rings. The predicted molar refractivity (Wildman–Crippen MR) is 46.7 cm³/mol. The summed E-state index contributed by atoms with van der Waals surface area (Å²) in [6.45, 7) is 6.03. The highest BCUT2D eigenvalue weighted by Crippen LogP contribution is 2.03. The highest BCUT2D eigenvalue weighted by molar-refractivity contribution is 5.06. The van der Waals surface area contributed by atoms with Gasteiger partial charge in [-0.15, -0.1) is 0 Å². The standard InChI is InChI=1S/C9H17NO/c1-2-5-10-7-9-4-3-6-11-8-9/h4,10H,2-3,5-8H2,1H3. The molecule has 0 unspecified atom stereocenters. The van der Waals surface area contributed by atoms with Gasteiger partial charge in [-0.25, -0.2) is 0 Å². The molecule has 1 N–H and O–H groups in total. The smallest absolute Gasteiger partial charge is 0.0689 e. The molecule has 0 fully saturated rings. The average molecular weight is 155 g/mol. The second-order valence-electron chi connectivity index (χ2n) is 2.88. The van der Waals surface area contributed by atoms with Crippen molar-refractivity contribution in [1.82, 2.24) is 5.32 Å². The third-order valence-corrected chi connectivity index (χ3v) is 1.76. The first kappa shape index (κ1) is 8.75. The van der Waals surface area contributed by atoms with Crippen LogP contribution in [0.15, 0.2) is 11.6 Å². The molecule has 1 aliphatic heterocycles. The highest BCUT2D eigenvalue weighted by Gasteiger charge is 2.01. The lowest BCUT2D eigenvalue weighted by molar-refractivity contribution is 0.149. The zero-order valence-corrected chi connectivity index (χ0v) is 7.23. The molecule has 0 atom stereocenters. The van der Waals surface area contributed by atoms with Crippen LogP contribution in [0.2, 0.25) is 0 Å². The van der Waals surface area contributed by atoms with Gasteiger partial charge in [0.05, 0.1) is 13.2 Å². The summed E-state index contributed by atoms with van der Waals surface area (Å²) in [5.74, 6) is 0. The van der Waals surface area contributed by atoms with Gasteiger partial charge in [0.2, 0.25) is 0 Å². The summed E-state index contributed by atoms with van der Waals surface area (Å²) < 4.78 is 5.30. The lowest BCUT2D eigenvalue weighted by Crippen LogP contribution is -2.21. The monoisotopic (exact) mass is 155 g/mol. The minimum Gasteiger partial charge on any atom is -0.377 e. The maximum atomic E-state index is 5.30. The normalized spacial score (nSPS) is 18.1. The second kappa shape index (κ2) is 5.33. The summed E-state index contributed by atoms with van der Waals surface area (Å²) in [5.41, 5.74) is 1.41. The Hall–Kier alpha value is -0.340. The van der Waals surface area contributed by atoms with E-state index in [2.05, 4.69) is 18.3 Å². The fraction of sp³-hybridized carbons (Fsp3) is 0.778. The largest absolute Gasteiger partial charge is 0.377 e. The van der Waals surface area contributed by atoms with E-state index in [1.54, 1.807) is 0 Å². The molecule has 0 bridgehead atoms. The Bertz CT molecular complexity index is 132. The summed E-state index contributed by atoms with van der Waals surface area (Å²) in [6, 6.07) is 0. The van der Waals surface area contributed by atoms with Crippen molar-refractivity contribution in [3.63, 3.8) is 0 Å². The van der Waals surface area contributed by atoms with Crippen LogP contribution in [-0.4, -0.2) is 26.3 Å². The lowest BCUT2D eigenvalue weighted by Gasteiger charge is -2.13. The molecule has 1 heterocycles. The van der Waals surface area contributed by atoms with Gasteiger partial charge in [0.25, 0.3) is 0 Å². The molecule has 0 saturated carbocycles. The van der Waals surface area contributed by atoms with E-state index in [1.807, 2.05) is 0 Å². The lowest BCUT2D eigenvalue weighted by atomic mass is 10.2. The van der Waals surface area contributed by atoms with Gasteiger partial charge in [-0.3, -0.25) is 0 Å². The fourth-order valence-electron chi connectivity index (χ4n) is 1.16. The van der Waals surface area contributed by atoms with Crippen molar-refractivity contribution < 1.29 is 4.74 Å². The minimum absolute atomic E-state index is 0.830. The Labute approximate surface area is 68.6 Å². The van der Waals surface area contributed by atoms with E-state index in [0.717, 1.165) is 32.7 Å². The summed E-state index contributed by atoms with van der Waals surface area (Å²) in [4.78, 5) is 0. The maximum absolute atomic E-state index is 5.30. The van der Waals surface area contributed by atoms with Crippen LogP contribution < -0.4 is 5.32 Å². The molecule has 11 heavy (non-hydrogen) atoms. The fourth-order valence-corrected chi connectivity index (χ4v) is 1.16. The molecule has 2 heteroatoms. The van der Waals surface area contributed by atoms with Crippen molar-refractivity contribution in [1.29, 1.82) is 0 Å². The van der Waals surface area contributed by atoms with E-state index >= 15 is 0 Å². The first-order valence-corrected chi connectivity index (χ1v) is 4.40. The molecule has 64 valence electrons. The van der Waals surface area contributed by atoms with Gasteiger partial charge in [-0.2, -0.15) is 0 Å². The highest BCUT2D eigenvalue weighted by atomic mass is 16.5. The van der Waals surface area contributed by atoms with E-state index in [1.165, 1.54) is 12.0 Å². The van der Waals surface area contributed by atoms with Crippen molar-refractivity contribution in [3.05, 3.63) is 11.6 Å². The van der Waals surface area contributed by atoms with Crippen LogP contribution in [0.5, 0.6) is 0 Å². The molecule has 0 amide bonds. The molecular formula is C9H17NO. The van der Waals surface area contributed by atoms with Crippen LogP contribution in [-0.2, 0) is 4.74 Å². The number of ether oxygens (including phenoxy) is 1. The molecule has 0 aliphatic carbocycles. The Morgan fingerprint density at radius 3 is 3.18 bits per heavy atom. The summed E-state index contributed by atoms with van der Waals surface area (Å²) in [6.07, 6.45) is 4.57. The predicted octanol–water partition coefficient (Wildman–Crippen LogP) is 1.33. The van der Waals surface area contributed by atoms with Crippen molar-refractivity contribution in [2.24, 2.45) is 0 Å². The zero-order chi connectivity index (χ0) is 7.94. The quantitative estimate of drug-likeness (QED) is 0.488. The van der Waals surface area contributed by atoms with E-state index in [-0.39, 0.29) is 0 Å². The number of hydrogen-bond acceptors (Lipinski definition) is 2. The number of hydrogen-bond donors (Lipinski definition) is 1. The van der Waals surface area contributed by atoms with Crippen LogP contribution in [0.3, 0.4) is 0 Å².